The lowest BCUT2D eigenvalue weighted by Gasteiger charge is -2.55. The van der Waals surface area contributed by atoms with E-state index in [4.69, 9.17) is 30.5 Å². The van der Waals surface area contributed by atoms with Gasteiger partial charge in [0, 0.05) is 5.56 Å². The van der Waals surface area contributed by atoms with Crippen molar-refractivity contribution in [2.75, 3.05) is 7.11 Å². The van der Waals surface area contributed by atoms with Crippen LogP contribution in [0.3, 0.4) is 0 Å². The summed E-state index contributed by atoms with van der Waals surface area (Å²) in [6.07, 6.45) is 5.98. The summed E-state index contributed by atoms with van der Waals surface area (Å²) in [5.74, 6) is 2.06. The molecule has 0 spiro atoms. The van der Waals surface area contributed by atoms with Gasteiger partial charge in [-0.2, -0.15) is 0 Å². The number of benzene rings is 2. The monoisotopic (exact) mass is 568 g/mol. The third-order valence-corrected chi connectivity index (χ3v) is 9.83. The molecular formula is C32H37ClO7. The summed E-state index contributed by atoms with van der Waals surface area (Å²) in [5.41, 5.74) is 1.23. The number of carbonyl (C=O) groups excluding carboxylic acids is 2. The van der Waals surface area contributed by atoms with Crippen molar-refractivity contribution in [2.45, 2.75) is 78.4 Å². The van der Waals surface area contributed by atoms with E-state index >= 15 is 0 Å². The molecule has 7 nitrogen and oxygen atoms in total. The number of aliphatic hydroxyl groups is 1. The van der Waals surface area contributed by atoms with Crippen LogP contribution in [0.4, 0.5) is 0 Å². The number of cyclic esters (lactones) is 1. The zero-order chi connectivity index (χ0) is 28.3. The highest BCUT2D eigenvalue weighted by Gasteiger charge is 2.55. The summed E-state index contributed by atoms with van der Waals surface area (Å²) in [4.78, 5) is 27.1. The molecule has 0 aromatic heterocycles. The Morgan fingerprint density at radius 2 is 1.80 bits per heavy atom. The van der Waals surface area contributed by atoms with Gasteiger partial charge in [0.2, 0.25) is 0 Å². The lowest BCUT2D eigenvalue weighted by Crippen LogP contribution is -2.51. The maximum Gasteiger partial charge on any atom is 0.346 e. The summed E-state index contributed by atoms with van der Waals surface area (Å²) in [6.45, 7) is 5.67. The van der Waals surface area contributed by atoms with Gasteiger partial charge < -0.3 is 24.1 Å². The second-order valence-electron chi connectivity index (χ2n) is 12.8. The summed E-state index contributed by atoms with van der Waals surface area (Å²) >= 11 is 6.68. The molecule has 1 atom stereocenters. The fourth-order valence-electron chi connectivity index (χ4n) is 7.93. The van der Waals surface area contributed by atoms with Crippen molar-refractivity contribution >= 4 is 23.5 Å². The molecule has 214 valence electrons. The molecule has 0 unspecified atom stereocenters. The minimum atomic E-state index is -0.834. The first-order valence-electron chi connectivity index (χ1n) is 14.4. The molecule has 7 rings (SSSR count). The molecule has 2 aromatic rings. The van der Waals surface area contributed by atoms with Crippen LogP contribution in [0.2, 0.25) is 5.02 Å². The predicted octanol–water partition coefficient (Wildman–Crippen LogP) is 7.32. The number of hydrogen-bond acceptors (Lipinski definition) is 7. The SMILES string of the molecule is COc1c([C@@H](O)CC(C)C)ccc2c1C(=O)OCc1c(Cl)c(C)cc(OC(=O)C34CC5CC(CC(C5)C3)C4)c1O2. The first kappa shape index (κ1) is 27.4. The smallest absolute Gasteiger partial charge is 0.346 e. The topological polar surface area (TPSA) is 91.3 Å². The maximum absolute atomic E-state index is 13.9. The maximum atomic E-state index is 13.9. The first-order valence-corrected chi connectivity index (χ1v) is 14.7. The Morgan fingerprint density at radius 3 is 2.40 bits per heavy atom. The molecule has 0 amide bonds. The van der Waals surface area contributed by atoms with E-state index in [9.17, 15) is 14.7 Å². The number of methoxy groups -OCH3 is 1. The number of hydrogen-bond donors (Lipinski definition) is 1. The Bertz CT molecular complexity index is 1330. The molecule has 1 aliphatic heterocycles. The zero-order valence-corrected chi connectivity index (χ0v) is 24.3. The van der Waals surface area contributed by atoms with Gasteiger partial charge in [-0.25, -0.2) is 4.79 Å². The van der Waals surface area contributed by atoms with Crippen molar-refractivity contribution in [3.8, 4) is 23.0 Å². The molecule has 2 aromatic carbocycles. The van der Waals surface area contributed by atoms with Gasteiger partial charge in [-0.3, -0.25) is 4.79 Å². The second kappa shape index (κ2) is 10.3. The number of esters is 2. The van der Waals surface area contributed by atoms with Gasteiger partial charge in [0.05, 0.1) is 29.2 Å². The molecule has 4 aliphatic carbocycles. The molecule has 1 N–H and O–H groups in total. The predicted molar refractivity (Wildman–Crippen MR) is 149 cm³/mol. The summed E-state index contributed by atoms with van der Waals surface area (Å²) < 4.78 is 23.9. The van der Waals surface area contributed by atoms with Crippen LogP contribution in [0.25, 0.3) is 0 Å². The van der Waals surface area contributed by atoms with Crippen LogP contribution in [0.1, 0.15) is 91.9 Å². The Morgan fingerprint density at radius 1 is 1.15 bits per heavy atom. The fraction of sp³-hybridized carbons (Fsp3) is 0.562. The molecule has 4 saturated carbocycles. The molecule has 8 heteroatoms. The van der Waals surface area contributed by atoms with Crippen LogP contribution in [0, 0.1) is 36.0 Å². The highest BCUT2D eigenvalue weighted by molar-refractivity contribution is 6.32. The molecule has 1 heterocycles. The van der Waals surface area contributed by atoms with Crippen molar-refractivity contribution in [2.24, 2.45) is 29.1 Å². The highest BCUT2D eigenvalue weighted by Crippen LogP contribution is 2.60. The van der Waals surface area contributed by atoms with E-state index in [1.54, 1.807) is 18.2 Å². The number of ether oxygens (including phenoxy) is 4. The number of halogens is 1. The van der Waals surface area contributed by atoms with E-state index < -0.39 is 17.5 Å². The molecule has 5 aliphatic rings. The molecular weight excluding hydrogens is 532 g/mol. The van der Waals surface area contributed by atoms with Gasteiger partial charge in [-0.15, -0.1) is 0 Å². The average Bonchev–Trinajstić information content (AvgIpc) is 2.88. The van der Waals surface area contributed by atoms with Gasteiger partial charge >= 0.3 is 11.9 Å². The summed E-state index contributed by atoms with van der Waals surface area (Å²) in [6, 6.07) is 5.03. The third kappa shape index (κ3) is 4.65. The average molecular weight is 569 g/mol. The fourth-order valence-corrected chi connectivity index (χ4v) is 8.13. The molecule has 0 radical (unpaired) electrons. The van der Waals surface area contributed by atoms with Crippen molar-refractivity contribution in [3.05, 3.63) is 45.5 Å². The largest absolute Gasteiger partial charge is 0.495 e. The Balaban J connectivity index is 1.39. The molecule has 40 heavy (non-hydrogen) atoms. The van der Waals surface area contributed by atoms with Crippen molar-refractivity contribution in [1.82, 2.24) is 0 Å². The standard InChI is InChI=1S/C32H37ClO7/c1-16(2)7-23(34)21-5-6-24-26(29(21)37-4)30(35)38-15-22-27(33)17(3)8-25(28(22)39-24)40-31(36)32-12-18-9-19(13-32)11-20(10-18)14-32/h5-6,8,16,18-20,23,34H,7,9-15H2,1-4H3/t18?,19?,20?,23-,32?/m0/s1. The van der Waals surface area contributed by atoms with Crippen molar-refractivity contribution in [3.63, 3.8) is 0 Å². The number of aliphatic hydroxyl groups excluding tert-OH is 1. The molecule has 4 fully saturated rings. The van der Waals surface area contributed by atoms with E-state index in [1.807, 2.05) is 20.8 Å². The number of rotatable bonds is 6. The van der Waals surface area contributed by atoms with Gasteiger partial charge in [0.1, 0.15) is 23.7 Å². The van der Waals surface area contributed by atoms with E-state index in [0.29, 0.717) is 45.9 Å². The molecule has 0 saturated heterocycles. The Hall–Kier alpha value is -2.77. The van der Waals surface area contributed by atoms with Gasteiger partial charge in [-0.1, -0.05) is 25.4 Å². The van der Waals surface area contributed by atoms with E-state index in [-0.39, 0.29) is 47.1 Å². The highest BCUT2D eigenvalue weighted by atomic mass is 35.5. The van der Waals surface area contributed by atoms with Crippen LogP contribution >= 0.6 is 11.6 Å². The summed E-state index contributed by atoms with van der Waals surface area (Å²) in [7, 11) is 1.44. The number of carbonyl (C=O) groups is 2. The first-order chi connectivity index (χ1) is 19.1. The third-order valence-electron chi connectivity index (χ3n) is 9.30. The van der Waals surface area contributed by atoms with Crippen LogP contribution in [0.5, 0.6) is 23.0 Å². The quantitative estimate of drug-likeness (QED) is 0.288. The summed E-state index contributed by atoms with van der Waals surface area (Å²) in [5, 5.41) is 11.2. The van der Waals surface area contributed by atoms with E-state index in [1.165, 1.54) is 26.4 Å². The Labute approximate surface area is 240 Å². The normalized spacial score (nSPS) is 27.2. The number of aryl methyl sites for hydroxylation is 1. The lowest BCUT2D eigenvalue weighted by atomic mass is 9.49. The van der Waals surface area contributed by atoms with Gasteiger partial charge in [0.15, 0.2) is 11.5 Å². The second-order valence-corrected chi connectivity index (χ2v) is 13.2. The van der Waals surface area contributed by atoms with Crippen LogP contribution < -0.4 is 14.2 Å². The Kier molecular flexibility index (Phi) is 7.02. The zero-order valence-electron chi connectivity index (χ0n) is 23.6. The van der Waals surface area contributed by atoms with E-state index in [2.05, 4.69) is 0 Å². The van der Waals surface area contributed by atoms with E-state index in [0.717, 1.165) is 19.3 Å². The van der Waals surface area contributed by atoms with Crippen molar-refractivity contribution < 1.29 is 33.6 Å². The minimum Gasteiger partial charge on any atom is -0.495 e. The van der Waals surface area contributed by atoms with Crippen LogP contribution in [-0.2, 0) is 16.1 Å². The van der Waals surface area contributed by atoms with Gasteiger partial charge in [-0.05, 0) is 99.3 Å². The van der Waals surface area contributed by atoms with Crippen LogP contribution in [0.15, 0.2) is 18.2 Å². The lowest BCUT2D eigenvalue weighted by molar-refractivity contribution is -0.161. The van der Waals surface area contributed by atoms with Gasteiger partial charge in [0.25, 0.3) is 0 Å². The van der Waals surface area contributed by atoms with Crippen molar-refractivity contribution in [1.29, 1.82) is 0 Å². The minimum absolute atomic E-state index is 0.0727. The molecule has 4 bridgehead atoms. The van der Waals surface area contributed by atoms with Crippen LogP contribution in [-0.4, -0.2) is 24.2 Å². The number of fused-ring (bicyclic) bond motifs is 2.